The molecule has 3 aliphatic heterocycles. The summed E-state index contributed by atoms with van der Waals surface area (Å²) in [5, 5.41) is 11.1. The number of rotatable bonds is 4. The van der Waals surface area contributed by atoms with Crippen LogP contribution in [0.2, 0.25) is 0 Å². The second kappa shape index (κ2) is 16.3. The molecule has 0 aliphatic carbocycles. The first-order valence-corrected chi connectivity index (χ1v) is 22.1. The van der Waals surface area contributed by atoms with Crippen molar-refractivity contribution >= 4 is 64.3 Å². The van der Waals surface area contributed by atoms with Gasteiger partial charge in [-0.1, -0.05) is 46.3 Å². The molecule has 0 bridgehead atoms. The van der Waals surface area contributed by atoms with Crippen LogP contribution in [0.4, 0.5) is 0 Å². The van der Waals surface area contributed by atoms with E-state index in [0.29, 0.717) is 0 Å². The predicted octanol–water partition coefficient (Wildman–Crippen LogP) is 9.39. The molecule has 7 heterocycles. The van der Waals surface area contributed by atoms with Crippen LogP contribution < -0.4 is 5.46 Å². The Hall–Kier alpha value is -3.89. The Kier molecular flexibility index (Phi) is 12.1. The van der Waals surface area contributed by atoms with Gasteiger partial charge in [0.25, 0.3) is 0 Å². The summed E-state index contributed by atoms with van der Waals surface area (Å²) < 4.78 is 41.0. The third-order valence-corrected chi connectivity index (χ3v) is 14.0. The number of benzene rings is 2. The predicted molar refractivity (Wildman–Crippen MR) is 252 cm³/mol. The summed E-state index contributed by atoms with van der Waals surface area (Å²) in [6.45, 7) is 32.6. The van der Waals surface area contributed by atoms with Crippen molar-refractivity contribution in [2.75, 3.05) is 0 Å². The number of fused-ring (bicyclic) bond motifs is 2. The molecular formula is C46H60B3BrN6O6. The molecule has 3 aliphatic rings. The molecule has 0 radical (unpaired) electrons. The van der Waals surface area contributed by atoms with E-state index in [1.807, 2.05) is 121 Å². The molecule has 3 fully saturated rings. The molecule has 0 N–H and O–H groups in total. The van der Waals surface area contributed by atoms with Crippen molar-refractivity contribution in [1.82, 2.24) is 29.5 Å². The van der Waals surface area contributed by atoms with Crippen LogP contribution in [0.1, 0.15) is 106 Å². The van der Waals surface area contributed by atoms with Crippen molar-refractivity contribution in [1.29, 1.82) is 0 Å². The van der Waals surface area contributed by atoms with E-state index in [4.69, 9.17) is 27.9 Å². The van der Waals surface area contributed by atoms with E-state index in [0.717, 1.165) is 54.8 Å². The number of aryl methyl sites for hydroxylation is 4. The first-order valence-electron chi connectivity index (χ1n) is 21.3. The molecule has 0 spiro atoms. The van der Waals surface area contributed by atoms with E-state index in [2.05, 4.69) is 108 Å². The van der Waals surface area contributed by atoms with Crippen molar-refractivity contribution in [3.05, 3.63) is 100 Å². The van der Waals surface area contributed by atoms with Gasteiger partial charge in [0.15, 0.2) is 11.6 Å². The van der Waals surface area contributed by atoms with Crippen molar-refractivity contribution in [3.8, 4) is 11.6 Å². The van der Waals surface area contributed by atoms with Crippen molar-refractivity contribution in [2.45, 2.75) is 144 Å². The second-order valence-corrected chi connectivity index (χ2v) is 20.5. The maximum absolute atomic E-state index is 6.19. The average Bonchev–Trinajstić information content (AvgIpc) is 3.94. The lowest BCUT2D eigenvalue weighted by atomic mass is 9.49. The summed E-state index contributed by atoms with van der Waals surface area (Å²) in [6.07, 6.45) is 3.72. The van der Waals surface area contributed by atoms with E-state index in [1.54, 1.807) is 0 Å². The minimum absolute atomic E-state index is 0.359. The van der Waals surface area contributed by atoms with Gasteiger partial charge in [0.05, 0.1) is 57.0 Å². The first-order chi connectivity index (χ1) is 28.7. The molecule has 12 nitrogen and oxygen atoms in total. The zero-order valence-electron chi connectivity index (χ0n) is 39.2. The Balaban J connectivity index is 0.000000144. The number of pyridine rings is 2. The maximum Gasteiger partial charge on any atom is 0.494 e. The van der Waals surface area contributed by atoms with Gasteiger partial charge in [0.2, 0.25) is 0 Å². The quantitative estimate of drug-likeness (QED) is 0.159. The Morgan fingerprint density at radius 1 is 0.468 bits per heavy atom. The van der Waals surface area contributed by atoms with Gasteiger partial charge in [-0.15, -0.1) is 0 Å². The summed E-state index contributed by atoms with van der Waals surface area (Å²) in [5.41, 5.74) is 5.28. The lowest BCUT2D eigenvalue weighted by Crippen LogP contribution is -2.41. The molecule has 62 heavy (non-hydrogen) atoms. The van der Waals surface area contributed by atoms with Gasteiger partial charge in [-0.05, 0) is 158 Å². The van der Waals surface area contributed by atoms with Crippen molar-refractivity contribution in [2.24, 2.45) is 0 Å². The summed E-state index contributed by atoms with van der Waals surface area (Å²) in [5.74, 6) is 1.67. The maximum atomic E-state index is 6.19. The Morgan fingerprint density at radius 2 is 0.839 bits per heavy atom. The van der Waals surface area contributed by atoms with Gasteiger partial charge in [0, 0.05) is 26.6 Å². The van der Waals surface area contributed by atoms with Crippen LogP contribution in [0.15, 0.2) is 77.5 Å². The van der Waals surface area contributed by atoms with E-state index in [1.165, 1.54) is 11.1 Å². The molecule has 3 saturated heterocycles. The topological polar surface area (TPSA) is 117 Å². The van der Waals surface area contributed by atoms with Gasteiger partial charge in [-0.3, -0.25) is 0 Å². The van der Waals surface area contributed by atoms with Crippen LogP contribution >= 0.6 is 15.9 Å². The highest BCUT2D eigenvalue weighted by atomic mass is 79.9. The van der Waals surface area contributed by atoms with E-state index in [-0.39, 0.29) is 40.7 Å². The number of hydrogen-bond donors (Lipinski definition) is 0. The molecule has 0 saturated carbocycles. The minimum Gasteiger partial charge on any atom is -0.405 e. The zero-order valence-corrected chi connectivity index (χ0v) is 40.8. The molecule has 16 heteroatoms. The van der Waals surface area contributed by atoms with Crippen molar-refractivity contribution < 1.29 is 27.9 Å². The lowest BCUT2D eigenvalue weighted by Gasteiger charge is -2.32. The van der Waals surface area contributed by atoms with Crippen LogP contribution in [-0.4, -0.2) is 84.3 Å². The molecule has 9 rings (SSSR count). The lowest BCUT2D eigenvalue weighted by molar-refractivity contribution is 0.00578. The fraction of sp³-hybridized carbons (Fsp3) is 0.478. The van der Waals surface area contributed by atoms with Gasteiger partial charge >= 0.3 is 21.1 Å². The Bertz CT molecular complexity index is 2540. The molecule has 0 amide bonds. The third kappa shape index (κ3) is 8.81. The number of aromatic nitrogens is 6. The Morgan fingerprint density at radius 3 is 1.24 bits per heavy atom. The number of halogens is 1. The normalized spacial score (nSPS) is 20.3. The monoisotopic (exact) mass is 904 g/mol. The van der Waals surface area contributed by atoms with Gasteiger partial charge in [-0.25, -0.2) is 19.3 Å². The fourth-order valence-electron chi connectivity index (χ4n) is 6.99. The summed E-state index contributed by atoms with van der Waals surface area (Å²) >= 11 is 3.49. The molecule has 0 unspecified atom stereocenters. The summed E-state index contributed by atoms with van der Waals surface area (Å²) in [7, 11) is -1.34. The van der Waals surface area contributed by atoms with Crippen LogP contribution in [0.5, 0.6) is 0 Å². The number of hydrogen-bond acceptors (Lipinski definition) is 10. The van der Waals surface area contributed by atoms with Gasteiger partial charge in [0.1, 0.15) is 0 Å². The largest absolute Gasteiger partial charge is 0.494 e. The van der Waals surface area contributed by atoms with Crippen LogP contribution in [0, 0.1) is 27.7 Å². The van der Waals surface area contributed by atoms with Gasteiger partial charge < -0.3 is 27.9 Å². The van der Waals surface area contributed by atoms with E-state index in [9.17, 15) is 0 Å². The molecule has 326 valence electrons. The third-order valence-electron chi connectivity index (χ3n) is 13.5. The zero-order chi connectivity index (χ0) is 45.4. The highest BCUT2D eigenvalue weighted by Crippen LogP contribution is 2.43. The van der Waals surface area contributed by atoms with Crippen LogP contribution in [0.25, 0.3) is 33.4 Å². The molecule has 4 aromatic heterocycles. The first kappa shape index (κ1) is 46.1. The SMILES string of the molecule is CC1(C)OB(B2OC(C)(C)C(C)(C)O2)OC1(C)C.Cc1ccc(-n2ncc3ccc(B4OC(C)(C)C(C)(C)O4)cc32)nc1C.Cc1ccc(-n2ncc3ccc(Br)cc32)nc1C. The van der Waals surface area contributed by atoms with E-state index < -0.39 is 14.0 Å². The standard InChI is InChI=1S/C20H24BN3O2.C14H12BrN3.C12H24B2O4/c1-13-7-10-18(23-14(13)2)24-17-11-16(9-8-15(17)12-22-24)21-25-19(3,4)20(5,6)26-21;1-9-3-6-14(17-10(9)2)18-13-7-12(15)5-4-11(13)8-16-18;1-9(2)10(3,4)16-13(15-9)14-17-11(5,6)12(7,8)18-14/h7-12H,1-6H3;3-8H,1-2H3;1-8H3. The highest BCUT2D eigenvalue weighted by molar-refractivity contribution is 9.10. The van der Waals surface area contributed by atoms with Crippen LogP contribution in [0.3, 0.4) is 0 Å². The van der Waals surface area contributed by atoms with Gasteiger partial charge in [-0.2, -0.15) is 10.2 Å². The fourth-order valence-corrected chi connectivity index (χ4v) is 7.34. The minimum atomic E-state index is -0.476. The molecule has 6 aromatic rings. The van der Waals surface area contributed by atoms with Crippen LogP contribution in [-0.2, 0) is 27.9 Å². The smallest absolute Gasteiger partial charge is 0.405 e. The highest BCUT2D eigenvalue weighted by Gasteiger charge is 2.63. The molecular weight excluding hydrogens is 845 g/mol. The molecule has 0 atom stereocenters. The summed E-state index contributed by atoms with van der Waals surface area (Å²) in [6, 6.07) is 20.4. The summed E-state index contributed by atoms with van der Waals surface area (Å²) in [4.78, 5) is 9.26. The Labute approximate surface area is 376 Å². The average molecular weight is 905 g/mol. The number of nitrogens with zero attached hydrogens (tertiary/aromatic N) is 6. The second-order valence-electron chi connectivity index (χ2n) is 19.6. The van der Waals surface area contributed by atoms with Crippen molar-refractivity contribution in [3.63, 3.8) is 0 Å². The van der Waals surface area contributed by atoms with E-state index >= 15 is 0 Å². The molecule has 2 aromatic carbocycles.